The van der Waals surface area contributed by atoms with Gasteiger partial charge in [-0.15, -0.1) is 0 Å². The first-order chi connectivity index (χ1) is 7.38. The summed E-state index contributed by atoms with van der Waals surface area (Å²) in [6, 6.07) is 0. The Kier molecular flexibility index (Phi) is 6.43. The summed E-state index contributed by atoms with van der Waals surface area (Å²) in [5.41, 5.74) is 0. The van der Waals surface area contributed by atoms with E-state index in [0.717, 1.165) is 38.3 Å². The molecule has 15 heavy (non-hydrogen) atoms. The fourth-order valence-electron chi connectivity index (χ4n) is 1.35. The highest BCUT2D eigenvalue weighted by atomic mass is 32.2. The third-order valence-corrected chi connectivity index (χ3v) is 2.82. The van der Waals surface area contributed by atoms with Crippen molar-refractivity contribution in [2.75, 3.05) is 18.6 Å². The molecule has 86 valence electrons. The lowest BCUT2D eigenvalue weighted by molar-refractivity contribution is 0.544. The van der Waals surface area contributed by atoms with Gasteiger partial charge >= 0.3 is 0 Å². The molecule has 0 aliphatic heterocycles. The number of nitrogens with zero attached hydrogens (tertiary/aromatic N) is 3. The molecule has 0 atom stereocenters. The van der Waals surface area contributed by atoms with Crippen molar-refractivity contribution in [3.63, 3.8) is 0 Å². The molecule has 1 N–H and O–H groups in total. The third-order valence-electron chi connectivity index (χ3n) is 2.12. The molecular formula is C10H20N4S. The number of rotatable bonds is 8. The lowest BCUT2D eigenvalue weighted by Crippen LogP contribution is -2.18. The molecule has 0 aliphatic rings. The smallest absolute Gasteiger partial charge is 0.140 e. The Morgan fingerprint density at radius 2 is 2.40 bits per heavy atom. The summed E-state index contributed by atoms with van der Waals surface area (Å²) in [5, 5.41) is 7.56. The second-order valence-electron chi connectivity index (χ2n) is 3.42. The van der Waals surface area contributed by atoms with Crippen LogP contribution in [0.2, 0.25) is 0 Å². The molecule has 1 heterocycles. The van der Waals surface area contributed by atoms with E-state index in [2.05, 4.69) is 28.6 Å². The lowest BCUT2D eigenvalue weighted by Gasteiger charge is -2.06. The fraction of sp³-hybridized carbons (Fsp3) is 0.800. The van der Waals surface area contributed by atoms with Gasteiger partial charge < -0.3 is 5.32 Å². The number of thioether (sulfide) groups is 1. The van der Waals surface area contributed by atoms with Gasteiger partial charge in [0.1, 0.15) is 12.2 Å². The minimum Gasteiger partial charge on any atom is -0.310 e. The maximum atomic E-state index is 4.25. The fourth-order valence-corrected chi connectivity index (χ4v) is 1.77. The normalized spacial score (nSPS) is 10.8. The molecule has 0 unspecified atom stereocenters. The van der Waals surface area contributed by atoms with Crippen molar-refractivity contribution >= 4 is 11.8 Å². The molecule has 0 radical (unpaired) electrons. The molecule has 0 spiro atoms. The van der Waals surface area contributed by atoms with Crippen molar-refractivity contribution in [3.05, 3.63) is 12.2 Å². The SMILES string of the molecule is CCCNCc1ncnn1CCCSC. The molecule has 1 aromatic rings. The van der Waals surface area contributed by atoms with Gasteiger partial charge in [-0.3, -0.25) is 0 Å². The van der Waals surface area contributed by atoms with E-state index in [-0.39, 0.29) is 0 Å². The van der Waals surface area contributed by atoms with Crippen molar-refractivity contribution in [1.82, 2.24) is 20.1 Å². The Bertz CT molecular complexity index is 237. The first kappa shape index (κ1) is 12.5. The van der Waals surface area contributed by atoms with Crippen LogP contribution in [0, 0.1) is 0 Å². The molecule has 0 saturated heterocycles. The monoisotopic (exact) mass is 228 g/mol. The first-order valence-electron chi connectivity index (χ1n) is 5.44. The van der Waals surface area contributed by atoms with Crippen LogP contribution in [0.5, 0.6) is 0 Å². The average molecular weight is 228 g/mol. The van der Waals surface area contributed by atoms with E-state index >= 15 is 0 Å². The van der Waals surface area contributed by atoms with E-state index in [1.165, 1.54) is 5.75 Å². The Hall–Kier alpha value is -0.550. The number of hydrogen-bond donors (Lipinski definition) is 1. The largest absolute Gasteiger partial charge is 0.310 e. The van der Waals surface area contributed by atoms with Gasteiger partial charge in [0.05, 0.1) is 6.54 Å². The van der Waals surface area contributed by atoms with Crippen LogP contribution in [-0.2, 0) is 13.1 Å². The van der Waals surface area contributed by atoms with Crippen LogP contribution in [-0.4, -0.2) is 33.3 Å². The maximum Gasteiger partial charge on any atom is 0.140 e. The minimum atomic E-state index is 0.826. The summed E-state index contributed by atoms with van der Waals surface area (Å²) in [7, 11) is 0. The Balaban J connectivity index is 2.32. The van der Waals surface area contributed by atoms with E-state index in [9.17, 15) is 0 Å². The average Bonchev–Trinajstić information content (AvgIpc) is 2.67. The molecule has 0 bridgehead atoms. The zero-order chi connectivity index (χ0) is 10.9. The van der Waals surface area contributed by atoms with E-state index < -0.39 is 0 Å². The van der Waals surface area contributed by atoms with Gasteiger partial charge in [-0.25, -0.2) is 9.67 Å². The lowest BCUT2D eigenvalue weighted by atomic mass is 10.4. The second kappa shape index (κ2) is 7.70. The predicted molar refractivity (Wildman–Crippen MR) is 65.0 cm³/mol. The molecule has 0 fully saturated rings. The number of aryl methyl sites for hydroxylation is 1. The number of nitrogens with one attached hydrogen (secondary N) is 1. The minimum absolute atomic E-state index is 0.826. The molecular weight excluding hydrogens is 208 g/mol. The van der Waals surface area contributed by atoms with Gasteiger partial charge in [0.15, 0.2) is 0 Å². The van der Waals surface area contributed by atoms with Crippen molar-refractivity contribution < 1.29 is 0 Å². The molecule has 5 heteroatoms. The van der Waals surface area contributed by atoms with Gasteiger partial charge in [0.25, 0.3) is 0 Å². The van der Waals surface area contributed by atoms with Gasteiger partial charge in [0, 0.05) is 6.54 Å². The van der Waals surface area contributed by atoms with Crippen LogP contribution in [0.3, 0.4) is 0 Å². The van der Waals surface area contributed by atoms with Crippen molar-refractivity contribution in [2.45, 2.75) is 32.9 Å². The zero-order valence-electron chi connectivity index (χ0n) is 9.57. The molecule has 0 amide bonds. The molecule has 0 aliphatic carbocycles. The van der Waals surface area contributed by atoms with Crippen LogP contribution >= 0.6 is 11.8 Å². The second-order valence-corrected chi connectivity index (χ2v) is 4.41. The Morgan fingerprint density at radius 3 is 3.13 bits per heavy atom. The van der Waals surface area contributed by atoms with Gasteiger partial charge in [-0.2, -0.15) is 16.9 Å². The molecule has 0 aromatic carbocycles. The first-order valence-corrected chi connectivity index (χ1v) is 6.84. The topological polar surface area (TPSA) is 42.7 Å². The summed E-state index contributed by atoms with van der Waals surface area (Å²) < 4.78 is 2.00. The third kappa shape index (κ3) is 4.66. The van der Waals surface area contributed by atoms with Crippen LogP contribution in [0.1, 0.15) is 25.6 Å². The van der Waals surface area contributed by atoms with E-state index in [1.807, 2.05) is 16.4 Å². The Morgan fingerprint density at radius 1 is 1.53 bits per heavy atom. The summed E-state index contributed by atoms with van der Waals surface area (Å²) in [6.07, 6.45) is 6.08. The van der Waals surface area contributed by atoms with Crippen LogP contribution in [0.4, 0.5) is 0 Å². The molecule has 1 aromatic heterocycles. The van der Waals surface area contributed by atoms with Crippen LogP contribution in [0.25, 0.3) is 0 Å². The molecule has 1 rings (SSSR count). The van der Waals surface area contributed by atoms with E-state index in [0.29, 0.717) is 0 Å². The van der Waals surface area contributed by atoms with Crippen molar-refractivity contribution in [2.24, 2.45) is 0 Å². The highest BCUT2D eigenvalue weighted by Gasteiger charge is 2.02. The summed E-state index contributed by atoms with van der Waals surface area (Å²) in [5.74, 6) is 2.23. The number of hydrogen-bond acceptors (Lipinski definition) is 4. The molecule has 0 saturated carbocycles. The van der Waals surface area contributed by atoms with Crippen LogP contribution in [0.15, 0.2) is 6.33 Å². The predicted octanol–water partition coefficient (Wildman–Crippen LogP) is 1.53. The maximum absolute atomic E-state index is 4.25. The Labute approximate surface area is 95.9 Å². The van der Waals surface area contributed by atoms with E-state index in [4.69, 9.17) is 0 Å². The number of aromatic nitrogens is 3. The van der Waals surface area contributed by atoms with Crippen LogP contribution < -0.4 is 5.32 Å². The van der Waals surface area contributed by atoms with Crippen molar-refractivity contribution in [1.29, 1.82) is 0 Å². The zero-order valence-corrected chi connectivity index (χ0v) is 10.4. The van der Waals surface area contributed by atoms with Gasteiger partial charge in [0.2, 0.25) is 0 Å². The van der Waals surface area contributed by atoms with E-state index in [1.54, 1.807) is 6.33 Å². The highest BCUT2D eigenvalue weighted by molar-refractivity contribution is 7.98. The quantitative estimate of drug-likeness (QED) is 0.685. The van der Waals surface area contributed by atoms with Gasteiger partial charge in [-0.05, 0) is 31.4 Å². The summed E-state index contributed by atoms with van der Waals surface area (Å²) in [4.78, 5) is 4.25. The van der Waals surface area contributed by atoms with Crippen molar-refractivity contribution in [3.8, 4) is 0 Å². The summed E-state index contributed by atoms with van der Waals surface area (Å²) in [6.45, 7) is 5.00. The molecule has 4 nitrogen and oxygen atoms in total. The highest BCUT2D eigenvalue weighted by Crippen LogP contribution is 2.00. The summed E-state index contributed by atoms with van der Waals surface area (Å²) >= 11 is 1.87. The standard InChI is InChI=1S/C10H20N4S/c1-3-5-11-8-10-12-9-13-14(10)6-4-7-15-2/h9,11H,3-8H2,1-2H3. The van der Waals surface area contributed by atoms with Gasteiger partial charge in [-0.1, -0.05) is 6.92 Å².